The fourth-order valence-electron chi connectivity index (χ4n) is 3.40. The summed E-state index contributed by atoms with van der Waals surface area (Å²) in [7, 11) is 4.14. The highest BCUT2D eigenvalue weighted by atomic mass is 16.5. The van der Waals surface area contributed by atoms with Crippen molar-refractivity contribution in [1.82, 2.24) is 9.47 Å². The minimum absolute atomic E-state index is 0.260. The van der Waals surface area contributed by atoms with Gasteiger partial charge in [-0.15, -0.1) is 0 Å². The Hall–Kier alpha value is -2.99. The lowest BCUT2D eigenvalue weighted by molar-refractivity contribution is 0.262. The number of carbonyl (C=O) groups is 1. The molecular weight excluding hydrogens is 388 g/mol. The zero-order valence-electron chi connectivity index (χ0n) is 19.5. The average molecular weight is 423 g/mol. The topological polar surface area (TPSA) is 58.5 Å². The normalized spacial score (nSPS) is 11.4. The highest BCUT2D eigenvalue weighted by molar-refractivity contribution is 6.01. The van der Waals surface area contributed by atoms with Crippen LogP contribution in [-0.2, 0) is 6.54 Å². The summed E-state index contributed by atoms with van der Waals surface area (Å²) in [6.07, 6.45) is 2.09. The second-order valence-electron chi connectivity index (χ2n) is 8.80. The second-order valence-corrected chi connectivity index (χ2v) is 8.80. The third-order valence-electron chi connectivity index (χ3n) is 5.16. The van der Waals surface area contributed by atoms with Crippen LogP contribution < -0.4 is 15.4 Å². The Morgan fingerprint density at radius 1 is 1.06 bits per heavy atom. The second kappa shape index (κ2) is 9.88. The van der Waals surface area contributed by atoms with E-state index in [1.807, 2.05) is 38.1 Å². The number of aromatic nitrogens is 1. The number of urea groups is 1. The fraction of sp³-hybridized carbons (Fsp3) is 0.400. The van der Waals surface area contributed by atoms with Crippen molar-refractivity contribution in [1.29, 1.82) is 0 Å². The van der Waals surface area contributed by atoms with Crippen LogP contribution in [0, 0.1) is 19.8 Å². The number of nitrogens with one attached hydrogen (secondary N) is 2. The van der Waals surface area contributed by atoms with Gasteiger partial charge >= 0.3 is 6.03 Å². The Morgan fingerprint density at radius 2 is 1.84 bits per heavy atom. The Bertz CT molecular complexity index is 1050. The van der Waals surface area contributed by atoms with Crippen LogP contribution >= 0.6 is 0 Å². The molecule has 2 amide bonds. The molecule has 166 valence electrons. The summed E-state index contributed by atoms with van der Waals surface area (Å²) >= 11 is 0. The number of rotatable bonds is 8. The third-order valence-corrected chi connectivity index (χ3v) is 5.16. The van der Waals surface area contributed by atoms with Crippen LogP contribution in [0.15, 0.2) is 42.6 Å². The summed E-state index contributed by atoms with van der Waals surface area (Å²) < 4.78 is 8.11. The van der Waals surface area contributed by atoms with Crippen molar-refractivity contribution >= 4 is 28.3 Å². The molecule has 0 aliphatic carbocycles. The SMILES string of the molecule is Cc1cc(OCC(C)C)c(C)cc1NC(=O)Nc1ccc2c(ccn2CCN(C)C)c1. The minimum Gasteiger partial charge on any atom is -0.493 e. The summed E-state index contributed by atoms with van der Waals surface area (Å²) in [4.78, 5) is 14.8. The average Bonchev–Trinajstić information content (AvgIpc) is 3.10. The lowest BCUT2D eigenvalue weighted by Gasteiger charge is -2.16. The number of carbonyl (C=O) groups excluding carboxylic acids is 1. The molecule has 3 rings (SSSR count). The Balaban J connectivity index is 1.66. The van der Waals surface area contributed by atoms with E-state index >= 15 is 0 Å². The number of ether oxygens (including phenoxy) is 1. The molecule has 0 atom stereocenters. The van der Waals surface area contributed by atoms with E-state index in [-0.39, 0.29) is 6.03 Å². The van der Waals surface area contributed by atoms with E-state index in [2.05, 4.69) is 66.4 Å². The van der Waals surface area contributed by atoms with Crippen LogP contribution in [0.3, 0.4) is 0 Å². The van der Waals surface area contributed by atoms with Gasteiger partial charge in [0.15, 0.2) is 0 Å². The molecule has 1 aromatic heterocycles. The number of likely N-dealkylation sites (N-methyl/N-ethyl adjacent to an activating group) is 1. The summed E-state index contributed by atoms with van der Waals surface area (Å²) in [5.74, 6) is 1.33. The highest BCUT2D eigenvalue weighted by Gasteiger charge is 2.11. The first kappa shape index (κ1) is 22.7. The Morgan fingerprint density at radius 3 is 2.55 bits per heavy atom. The maximum atomic E-state index is 12.6. The van der Waals surface area contributed by atoms with E-state index in [0.717, 1.165) is 52.2 Å². The lowest BCUT2D eigenvalue weighted by atomic mass is 10.1. The molecule has 0 spiro atoms. The standard InChI is InChI=1S/C25H34N4O2/c1-17(2)16-31-24-14-18(3)22(13-19(24)4)27-25(30)26-21-7-8-23-20(15-21)9-10-29(23)12-11-28(5)6/h7-10,13-15,17H,11-12,16H2,1-6H3,(H2,26,27,30). The molecule has 0 saturated carbocycles. The Labute approximate surface area is 185 Å². The van der Waals surface area contributed by atoms with E-state index in [1.165, 1.54) is 0 Å². The quantitative estimate of drug-likeness (QED) is 0.504. The van der Waals surface area contributed by atoms with Crippen LogP contribution in [-0.4, -0.2) is 42.7 Å². The summed E-state index contributed by atoms with van der Waals surface area (Å²) in [5, 5.41) is 7.01. The number of fused-ring (bicyclic) bond motifs is 1. The van der Waals surface area contributed by atoms with Crippen molar-refractivity contribution in [3.63, 3.8) is 0 Å². The zero-order valence-corrected chi connectivity index (χ0v) is 19.5. The fourth-order valence-corrected chi connectivity index (χ4v) is 3.40. The smallest absolute Gasteiger partial charge is 0.323 e. The molecule has 31 heavy (non-hydrogen) atoms. The largest absolute Gasteiger partial charge is 0.493 e. The molecule has 0 bridgehead atoms. The van der Waals surface area contributed by atoms with Crippen molar-refractivity contribution in [2.75, 3.05) is 37.9 Å². The van der Waals surface area contributed by atoms with Gasteiger partial charge in [0.1, 0.15) is 5.75 Å². The van der Waals surface area contributed by atoms with Gasteiger partial charge in [0, 0.05) is 41.6 Å². The van der Waals surface area contributed by atoms with Gasteiger partial charge in [0.25, 0.3) is 0 Å². The summed E-state index contributed by atoms with van der Waals surface area (Å²) in [6.45, 7) is 10.8. The van der Waals surface area contributed by atoms with Gasteiger partial charge < -0.3 is 24.8 Å². The molecular formula is C25H34N4O2. The Kier molecular flexibility index (Phi) is 7.23. The lowest BCUT2D eigenvalue weighted by Crippen LogP contribution is -2.20. The summed E-state index contributed by atoms with van der Waals surface area (Å²) in [6, 6.07) is 11.8. The summed E-state index contributed by atoms with van der Waals surface area (Å²) in [5.41, 5.74) is 4.68. The predicted octanol–water partition coefficient (Wildman–Crippen LogP) is 5.50. The van der Waals surface area contributed by atoms with Crippen LogP contribution in [0.25, 0.3) is 10.9 Å². The van der Waals surface area contributed by atoms with Crippen LogP contribution in [0.5, 0.6) is 5.75 Å². The van der Waals surface area contributed by atoms with Gasteiger partial charge in [-0.3, -0.25) is 0 Å². The van der Waals surface area contributed by atoms with E-state index in [4.69, 9.17) is 4.74 Å². The molecule has 6 nitrogen and oxygen atoms in total. The van der Waals surface area contributed by atoms with E-state index in [9.17, 15) is 4.79 Å². The van der Waals surface area contributed by atoms with Gasteiger partial charge in [-0.05, 0) is 81.4 Å². The molecule has 0 aliphatic heterocycles. The van der Waals surface area contributed by atoms with Crippen LogP contribution in [0.1, 0.15) is 25.0 Å². The molecule has 6 heteroatoms. The molecule has 0 saturated heterocycles. The number of benzene rings is 2. The third kappa shape index (κ3) is 6.01. The highest BCUT2D eigenvalue weighted by Crippen LogP contribution is 2.27. The van der Waals surface area contributed by atoms with Gasteiger partial charge in [-0.2, -0.15) is 0 Å². The number of anilines is 2. The number of amides is 2. The van der Waals surface area contributed by atoms with E-state index in [1.54, 1.807) is 0 Å². The molecule has 1 heterocycles. The van der Waals surface area contributed by atoms with Crippen LogP contribution in [0.2, 0.25) is 0 Å². The van der Waals surface area contributed by atoms with Gasteiger partial charge in [-0.25, -0.2) is 4.79 Å². The predicted molar refractivity (Wildman–Crippen MR) is 129 cm³/mol. The van der Waals surface area contributed by atoms with E-state index in [0.29, 0.717) is 12.5 Å². The van der Waals surface area contributed by atoms with Gasteiger partial charge in [-0.1, -0.05) is 13.8 Å². The number of nitrogens with zero attached hydrogens (tertiary/aromatic N) is 2. The first-order chi connectivity index (χ1) is 14.7. The molecule has 2 aromatic carbocycles. The molecule has 0 fully saturated rings. The van der Waals surface area contributed by atoms with Gasteiger partial charge in [0.2, 0.25) is 0 Å². The van der Waals surface area contributed by atoms with Crippen molar-refractivity contribution in [3.8, 4) is 5.75 Å². The monoisotopic (exact) mass is 422 g/mol. The van der Waals surface area contributed by atoms with Crippen molar-refractivity contribution in [2.45, 2.75) is 34.2 Å². The van der Waals surface area contributed by atoms with Crippen molar-refractivity contribution in [2.24, 2.45) is 5.92 Å². The first-order valence-corrected chi connectivity index (χ1v) is 10.8. The number of hydrogen-bond acceptors (Lipinski definition) is 3. The molecule has 2 N–H and O–H groups in total. The maximum absolute atomic E-state index is 12.6. The molecule has 0 radical (unpaired) electrons. The van der Waals surface area contributed by atoms with E-state index < -0.39 is 0 Å². The van der Waals surface area contributed by atoms with Crippen LogP contribution in [0.4, 0.5) is 16.2 Å². The molecule has 3 aromatic rings. The molecule has 0 aliphatic rings. The van der Waals surface area contributed by atoms with Gasteiger partial charge in [0.05, 0.1) is 6.61 Å². The van der Waals surface area contributed by atoms with Crippen molar-refractivity contribution < 1.29 is 9.53 Å². The minimum atomic E-state index is -0.260. The number of aryl methyl sites for hydroxylation is 2. The zero-order chi connectivity index (χ0) is 22.5. The van der Waals surface area contributed by atoms with Crippen molar-refractivity contribution in [3.05, 3.63) is 53.7 Å². The first-order valence-electron chi connectivity index (χ1n) is 10.8. The molecule has 0 unspecified atom stereocenters. The maximum Gasteiger partial charge on any atom is 0.323 e. The number of hydrogen-bond donors (Lipinski definition) is 2.